The van der Waals surface area contributed by atoms with Gasteiger partial charge in [-0.25, -0.2) is 9.67 Å². The number of nitrogens with one attached hydrogen (secondary N) is 1. The second kappa shape index (κ2) is 10.2. The van der Waals surface area contributed by atoms with Crippen LogP contribution in [0.2, 0.25) is 0 Å². The molecule has 9 heteroatoms. The predicted molar refractivity (Wildman–Crippen MR) is 121 cm³/mol. The first-order chi connectivity index (χ1) is 14.8. The van der Waals surface area contributed by atoms with E-state index in [2.05, 4.69) is 29.2 Å². The molecule has 1 atom stereocenters. The van der Waals surface area contributed by atoms with Crippen LogP contribution in [-0.4, -0.2) is 31.3 Å². The summed E-state index contributed by atoms with van der Waals surface area (Å²) in [4.78, 5) is 28.3. The summed E-state index contributed by atoms with van der Waals surface area (Å²) in [5.41, 5.74) is 2.01. The third-order valence-electron chi connectivity index (χ3n) is 4.79. The van der Waals surface area contributed by atoms with Crippen LogP contribution in [0.4, 0.5) is 5.69 Å². The molecule has 1 heterocycles. The first-order valence-electron chi connectivity index (χ1n) is 10.0. The van der Waals surface area contributed by atoms with E-state index in [4.69, 9.17) is 0 Å². The summed E-state index contributed by atoms with van der Waals surface area (Å²) >= 11 is 1.45. The quantitative estimate of drug-likeness (QED) is 0.292. The van der Waals surface area contributed by atoms with E-state index in [1.807, 2.05) is 31.2 Å². The van der Waals surface area contributed by atoms with Crippen LogP contribution in [0.15, 0.2) is 60.0 Å². The van der Waals surface area contributed by atoms with Crippen molar-refractivity contribution in [2.75, 3.05) is 5.75 Å². The maximum atomic E-state index is 12.7. The Morgan fingerprint density at radius 2 is 1.94 bits per heavy atom. The van der Waals surface area contributed by atoms with Gasteiger partial charge >= 0.3 is 0 Å². The Hall–Kier alpha value is -3.20. The molecule has 0 radical (unpaired) electrons. The summed E-state index contributed by atoms with van der Waals surface area (Å²) in [5, 5.41) is 18.5. The Labute approximate surface area is 185 Å². The van der Waals surface area contributed by atoms with E-state index < -0.39 is 4.92 Å². The van der Waals surface area contributed by atoms with Gasteiger partial charge in [0.1, 0.15) is 12.7 Å². The van der Waals surface area contributed by atoms with Crippen molar-refractivity contribution < 1.29 is 9.72 Å². The number of hydrogen-bond donors (Lipinski definition) is 1. The number of carbonyl (C=O) groups excluding carboxylic acids is 1. The van der Waals surface area contributed by atoms with Crippen LogP contribution in [0, 0.1) is 16.0 Å². The minimum absolute atomic E-state index is 0.0359. The molecule has 31 heavy (non-hydrogen) atoms. The molecule has 0 aliphatic heterocycles. The summed E-state index contributed by atoms with van der Waals surface area (Å²) in [7, 11) is 0. The minimum atomic E-state index is -0.430. The number of aromatic nitrogens is 3. The Kier molecular flexibility index (Phi) is 7.41. The van der Waals surface area contributed by atoms with Gasteiger partial charge in [-0.05, 0) is 54.8 Å². The zero-order valence-electron chi connectivity index (χ0n) is 17.7. The van der Waals surface area contributed by atoms with Gasteiger partial charge in [0.15, 0.2) is 0 Å². The highest BCUT2D eigenvalue weighted by Gasteiger charge is 2.19. The van der Waals surface area contributed by atoms with Crippen molar-refractivity contribution in [1.29, 1.82) is 0 Å². The van der Waals surface area contributed by atoms with Gasteiger partial charge in [-0.3, -0.25) is 14.9 Å². The number of rotatable bonds is 9. The van der Waals surface area contributed by atoms with Gasteiger partial charge in [0.25, 0.3) is 11.6 Å². The highest BCUT2D eigenvalue weighted by molar-refractivity contribution is 7.99. The summed E-state index contributed by atoms with van der Waals surface area (Å²) in [6.07, 6.45) is 4.04. The van der Waals surface area contributed by atoms with Crippen LogP contribution in [0.25, 0.3) is 5.69 Å². The van der Waals surface area contributed by atoms with Gasteiger partial charge in [0.2, 0.25) is 0 Å². The van der Waals surface area contributed by atoms with Crippen LogP contribution in [-0.2, 0) is 0 Å². The van der Waals surface area contributed by atoms with Gasteiger partial charge in [-0.2, -0.15) is 5.10 Å². The number of nitro groups is 1. The van der Waals surface area contributed by atoms with Crippen LogP contribution >= 0.6 is 11.8 Å². The molecule has 162 valence electrons. The average molecular weight is 440 g/mol. The largest absolute Gasteiger partial charge is 0.346 e. The van der Waals surface area contributed by atoms with Crippen molar-refractivity contribution in [1.82, 2.24) is 20.1 Å². The second-order valence-electron chi connectivity index (χ2n) is 7.60. The topological polar surface area (TPSA) is 103 Å². The average Bonchev–Trinajstić information content (AvgIpc) is 3.28. The molecule has 8 nitrogen and oxygen atoms in total. The number of nitro benzene ring substituents is 1. The summed E-state index contributed by atoms with van der Waals surface area (Å²) < 4.78 is 1.65. The maximum Gasteiger partial charge on any atom is 0.283 e. The highest BCUT2D eigenvalue weighted by Crippen LogP contribution is 2.31. The minimum Gasteiger partial charge on any atom is -0.346 e. The molecule has 1 aromatic heterocycles. The van der Waals surface area contributed by atoms with Crippen LogP contribution in [0.5, 0.6) is 0 Å². The molecular weight excluding hydrogens is 414 g/mol. The summed E-state index contributed by atoms with van der Waals surface area (Å²) in [6, 6.07) is 12.0. The molecular formula is C22H25N5O3S. The number of amides is 1. The van der Waals surface area contributed by atoms with Crippen LogP contribution in [0.3, 0.4) is 0 Å². The third kappa shape index (κ3) is 5.91. The molecule has 0 aliphatic rings. The lowest BCUT2D eigenvalue weighted by molar-refractivity contribution is -0.387. The van der Waals surface area contributed by atoms with E-state index in [9.17, 15) is 14.9 Å². The Morgan fingerprint density at radius 1 is 1.19 bits per heavy atom. The molecule has 0 fully saturated rings. The zero-order valence-corrected chi connectivity index (χ0v) is 18.5. The molecule has 0 saturated heterocycles. The Bertz CT molecular complexity index is 1040. The molecule has 3 aromatic rings. The molecule has 1 unspecified atom stereocenters. The Balaban J connectivity index is 1.69. The van der Waals surface area contributed by atoms with Gasteiger partial charge < -0.3 is 5.32 Å². The number of carbonyl (C=O) groups is 1. The van der Waals surface area contributed by atoms with Crippen molar-refractivity contribution in [3.05, 3.63) is 76.4 Å². The lowest BCUT2D eigenvalue weighted by Crippen LogP contribution is -2.26. The first kappa shape index (κ1) is 22.5. The maximum absolute atomic E-state index is 12.7. The van der Waals surface area contributed by atoms with Crippen molar-refractivity contribution in [3.8, 4) is 5.69 Å². The van der Waals surface area contributed by atoms with Gasteiger partial charge in [-0.1, -0.05) is 26.0 Å². The SMILES string of the molecule is CC(C)CCSc1ccc(C(=O)NC(C)c2ccc(-n3cncn3)cc2)cc1[N+](=O)[O-]. The molecule has 0 spiro atoms. The van der Waals surface area contributed by atoms with Gasteiger partial charge in [0.05, 0.1) is 21.5 Å². The highest BCUT2D eigenvalue weighted by atomic mass is 32.2. The fourth-order valence-electron chi connectivity index (χ4n) is 2.95. The van der Waals surface area contributed by atoms with E-state index in [-0.39, 0.29) is 23.2 Å². The summed E-state index contributed by atoms with van der Waals surface area (Å²) in [5.74, 6) is 0.976. The Morgan fingerprint density at radius 3 is 2.55 bits per heavy atom. The fraction of sp³-hybridized carbons (Fsp3) is 0.318. The van der Waals surface area contributed by atoms with E-state index in [1.165, 1.54) is 24.2 Å². The van der Waals surface area contributed by atoms with E-state index in [1.54, 1.807) is 23.1 Å². The molecule has 0 saturated carbocycles. The summed E-state index contributed by atoms with van der Waals surface area (Å²) in [6.45, 7) is 6.10. The first-order valence-corrected chi connectivity index (χ1v) is 11.0. The number of hydrogen-bond acceptors (Lipinski definition) is 6. The van der Waals surface area contributed by atoms with Crippen LogP contribution < -0.4 is 5.32 Å². The van der Waals surface area contributed by atoms with E-state index >= 15 is 0 Å². The molecule has 0 aliphatic carbocycles. The van der Waals surface area contributed by atoms with Crippen LogP contribution in [0.1, 0.15) is 49.2 Å². The smallest absolute Gasteiger partial charge is 0.283 e. The van der Waals surface area contributed by atoms with E-state index in [0.29, 0.717) is 10.8 Å². The monoisotopic (exact) mass is 439 g/mol. The number of benzene rings is 2. The zero-order chi connectivity index (χ0) is 22.4. The van der Waals surface area contributed by atoms with Gasteiger partial charge in [0, 0.05) is 11.6 Å². The number of nitrogens with zero attached hydrogens (tertiary/aromatic N) is 4. The third-order valence-corrected chi connectivity index (χ3v) is 5.89. The standard InChI is InChI=1S/C22H25N5O3S/c1-15(2)10-11-31-21-9-6-18(12-20(21)27(29)30)22(28)25-16(3)17-4-7-19(8-5-17)26-14-23-13-24-26/h4-9,12-16H,10-11H2,1-3H3,(H,25,28). The van der Waals surface area contributed by atoms with Crippen molar-refractivity contribution in [2.24, 2.45) is 5.92 Å². The number of thioether (sulfide) groups is 1. The molecule has 1 N–H and O–H groups in total. The molecule has 3 rings (SSSR count). The van der Waals surface area contributed by atoms with Crippen molar-refractivity contribution in [2.45, 2.75) is 38.1 Å². The van der Waals surface area contributed by atoms with E-state index in [0.717, 1.165) is 23.4 Å². The molecule has 0 bridgehead atoms. The lowest BCUT2D eigenvalue weighted by atomic mass is 10.1. The van der Waals surface area contributed by atoms with Gasteiger partial charge in [-0.15, -0.1) is 11.8 Å². The predicted octanol–water partition coefficient (Wildman–Crippen LogP) is 4.80. The fourth-order valence-corrected chi connectivity index (χ4v) is 4.20. The lowest BCUT2D eigenvalue weighted by Gasteiger charge is -2.15. The molecule has 1 amide bonds. The second-order valence-corrected chi connectivity index (χ2v) is 8.73. The molecule has 2 aromatic carbocycles. The van der Waals surface area contributed by atoms with Crippen molar-refractivity contribution >= 4 is 23.4 Å². The van der Waals surface area contributed by atoms with Crippen molar-refractivity contribution in [3.63, 3.8) is 0 Å². The normalized spacial score (nSPS) is 12.0.